The Bertz CT molecular complexity index is 2100. The first-order valence-corrected chi connectivity index (χ1v) is 17.3. The highest BCUT2D eigenvalue weighted by Gasteiger charge is 2.43. The molecule has 1 unspecified atom stereocenters. The van der Waals surface area contributed by atoms with E-state index in [-0.39, 0.29) is 10.8 Å². The summed E-state index contributed by atoms with van der Waals surface area (Å²) in [6, 6.07) is 41.4. The van der Waals surface area contributed by atoms with Gasteiger partial charge in [-0.05, 0) is 104 Å². The van der Waals surface area contributed by atoms with Crippen molar-refractivity contribution in [3.8, 4) is 11.1 Å². The summed E-state index contributed by atoms with van der Waals surface area (Å²) in [5, 5.41) is 0. The summed E-state index contributed by atoms with van der Waals surface area (Å²) in [6.07, 6.45) is 5.80. The molecule has 0 N–H and O–H groups in total. The fraction of sp³-hybridized carbons (Fsp3) is 0.227. The van der Waals surface area contributed by atoms with Gasteiger partial charge < -0.3 is 0 Å². The van der Waals surface area contributed by atoms with Gasteiger partial charge >= 0.3 is 0 Å². The van der Waals surface area contributed by atoms with Gasteiger partial charge in [0.2, 0.25) is 0 Å². The van der Waals surface area contributed by atoms with Crippen LogP contribution in [-0.4, -0.2) is 0 Å². The predicted molar refractivity (Wildman–Crippen MR) is 190 cm³/mol. The van der Waals surface area contributed by atoms with Crippen LogP contribution in [0.5, 0.6) is 0 Å². The Morgan fingerprint density at radius 3 is 2.27 bits per heavy atom. The maximum absolute atomic E-state index is 2.57. The zero-order chi connectivity index (χ0) is 30.5. The molecule has 0 spiro atoms. The normalized spacial score (nSPS) is 19.8. The van der Waals surface area contributed by atoms with E-state index in [1.807, 2.05) is 11.8 Å². The van der Waals surface area contributed by atoms with Gasteiger partial charge in [0.25, 0.3) is 0 Å². The van der Waals surface area contributed by atoms with Gasteiger partial charge in [-0.1, -0.05) is 143 Å². The van der Waals surface area contributed by atoms with Crippen LogP contribution in [0.15, 0.2) is 131 Å². The van der Waals surface area contributed by atoms with Gasteiger partial charge in [0, 0.05) is 26.5 Å². The third-order valence-corrected chi connectivity index (χ3v) is 12.5. The molecule has 220 valence electrons. The minimum absolute atomic E-state index is 0.00568. The monoisotopic (exact) mass is 598 g/mol. The molecule has 0 amide bonds. The standard InChI is InChI=1S/C44H38S/c1-43(2)36-16-10-11-17-40(36)45-42-38(43)23-22-37-41(42)33-21-20-29(26-39(33)44(37,3)4)28-18-19-30-25-34(27-12-6-5-7-13-27)31-14-8-9-15-32(31)35(30)24-28/h5-19,22-24,26,34H,20-21,25H2,1-4H3. The van der Waals surface area contributed by atoms with E-state index in [0.29, 0.717) is 5.92 Å². The van der Waals surface area contributed by atoms with Crippen LogP contribution in [0.2, 0.25) is 0 Å². The van der Waals surface area contributed by atoms with E-state index in [0.717, 1.165) is 19.3 Å². The molecule has 0 bridgehead atoms. The molecule has 9 rings (SSSR count). The van der Waals surface area contributed by atoms with Crippen molar-refractivity contribution in [2.24, 2.45) is 0 Å². The van der Waals surface area contributed by atoms with Gasteiger partial charge in [-0.2, -0.15) is 0 Å². The van der Waals surface area contributed by atoms with Crippen molar-refractivity contribution in [3.63, 3.8) is 0 Å². The summed E-state index contributed by atoms with van der Waals surface area (Å²) in [5.74, 6) is 0.404. The van der Waals surface area contributed by atoms with E-state index >= 15 is 0 Å². The van der Waals surface area contributed by atoms with Crippen molar-refractivity contribution in [3.05, 3.63) is 165 Å². The molecule has 0 aromatic heterocycles. The Labute approximate surface area is 271 Å². The second-order valence-electron chi connectivity index (χ2n) is 14.4. The molecule has 0 nitrogen and oxygen atoms in total. The van der Waals surface area contributed by atoms with Crippen LogP contribution in [0.1, 0.15) is 91.0 Å². The van der Waals surface area contributed by atoms with E-state index in [1.165, 1.54) is 76.6 Å². The van der Waals surface area contributed by atoms with Crippen LogP contribution in [0.25, 0.3) is 22.3 Å². The summed E-state index contributed by atoms with van der Waals surface area (Å²) in [7, 11) is 0. The van der Waals surface area contributed by atoms with Crippen LogP contribution in [-0.2, 0) is 17.3 Å². The number of benzene rings is 5. The Morgan fingerprint density at radius 1 is 0.644 bits per heavy atom. The maximum Gasteiger partial charge on any atom is 0.0241 e. The molecule has 0 fully saturated rings. The molecular weight excluding hydrogens is 561 g/mol. The van der Waals surface area contributed by atoms with E-state index in [4.69, 9.17) is 0 Å². The SMILES string of the molecule is CC1(C)C2=C(CCC(c3ccc4c(c3)-c3ccccc3C(c3ccccc3)C4)=C2)c2c1ccc1c2Sc2ccccc2C1(C)C. The summed E-state index contributed by atoms with van der Waals surface area (Å²) < 4.78 is 0. The molecule has 0 radical (unpaired) electrons. The van der Waals surface area contributed by atoms with Crippen molar-refractivity contribution in [2.45, 2.75) is 73.5 Å². The second-order valence-corrected chi connectivity index (χ2v) is 15.5. The topological polar surface area (TPSA) is 0 Å². The van der Waals surface area contributed by atoms with Crippen molar-refractivity contribution in [1.82, 2.24) is 0 Å². The lowest BCUT2D eigenvalue weighted by atomic mass is 9.74. The molecule has 1 heteroatoms. The molecule has 0 saturated carbocycles. The molecule has 3 aliphatic carbocycles. The number of hydrogen-bond donors (Lipinski definition) is 0. The van der Waals surface area contributed by atoms with E-state index in [1.54, 1.807) is 5.57 Å². The van der Waals surface area contributed by atoms with Crippen molar-refractivity contribution < 1.29 is 0 Å². The number of fused-ring (bicyclic) bond motifs is 8. The average Bonchev–Trinajstić information content (AvgIpc) is 3.30. The number of hydrogen-bond acceptors (Lipinski definition) is 1. The Hall–Kier alpha value is -4.07. The second kappa shape index (κ2) is 9.71. The van der Waals surface area contributed by atoms with Gasteiger partial charge in [-0.3, -0.25) is 0 Å². The van der Waals surface area contributed by atoms with Gasteiger partial charge in [-0.15, -0.1) is 0 Å². The summed E-state index contributed by atoms with van der Waals surface area (Å²) in [4.78, 5) is 2.90. The molecule has 5 aromatic rings. The average molecular weight is 599 g/mol. The lowest BCUT2D eigenvalue weighted by Crippen LogP contribution is -2.25. The molecule has 1 aliphatic heterocycles. The van der Waals surface area contributed by atoms with Crippen molar-refractivity contribution in [1.29, 1.82) is 0 Å². The largest absolute Gasteiger partial charge is 0.0888 e. The maximum atomic E-state index is 2.57. The number of allylic oxidation sites excluding steroid dienone is 4. The van der Waals surface area contributed by atoms with E-state index in [9.17, 15) is 0 Å². The molecular formula is C44H38S. The smallest absolute Gasteiger partial charge is 0.0241 e. The van der Waals surface area contributed by atoms with Crippen LogP contribution in [0.4, 0.5) is 0 Å². The molecule has 0 saturated heterocycles. The van der Waals surface area contributed by atoms with Crippen LogP contribution in [0, 0.1) is 0 Å². The minimum Gasteiger partial charge on any atom is -0.0888 e. The van der Waals surface area contributed by atoms with Gasteiger partial charge in [0.1, 0.15) is 0 Å². The summed E-state index contributed by atoms with van der Waals surface area (Å²) in [6.45, 7) is 9.70. The molecule has 5 aromatic carbocycles. The fourth-order valence-electron chi connectivity index (χ4n) is 8.81. The molecule has 45 heavy (non-hydrogen) atoms. The molecule has 4 aliphatic rings. The highest BCUT2D eigenvalue weighted by Crippen LogP contribution is 2.59. The zero-order valence-corrected chi connectivity index (χ0v) is 27.4. The summed E-state index contributed by atoms with van der Waals surface area (Å²) in [5.41, 5.74) is 19.0. The fourth-order valence-corrected chi connectivity index (χ4v) is 10.4. The lowest BCUT2D eigenvalue weighted by Gasteiger charge is -2.36. The van der Waals surface area contributed by atoms with Crippen LogP contribution < -0.4 is 0 Å². The zero-order valence-electron chi connectivity index (χ0n) is 26.6. The third-order valence-electron chi connectivity index (χ3n) is 11.3. The van der Waals surface area contributed by atoms with Gasteiger partial charge in [0.05, 0.1) is 0 Å². The van der Waals surface area contributed by atoms with E-state index in [2.05, 4.69) is 143 Å². The van der Waals surface area contributed by atoms with Gasteiger partial charge in [0.15, 0.2) is 0 Å². The van der Waals surface area contributed by atoms with E-state index < -0.39 is 0 Å². The lowest BCUT2D eigenvalue weighted by molar-refractivity contribution is 0.601. The minimum atomic E-state index is -0.0171. The first kappa shape index (κ1) is 27.3. The van der Waals surface area contributed by atoms with Crippen LogP contribution >= 0.6 is 11.8 Å². The Balaban J connectivity index is 1.14. The molecule has 1 atom stereocenters. The predicted octanol–water partition coefficient (Wildman–Crippen LogP) is 11.8. The Kier molecular flexibility index (Phi) is 5.88. The summed E-state index contributed by atoms with van der Waals surface area (Å²) >= 11 is 2.00. The first-order chi connectivity index (χ1) is 21.8. The highest BCUT2D eigenvalue weighted by atomic mass is 32.2. The quantitative estimate of drug-likeness (QED) is 0.195. The van der Waals surface area contributed by atoms with Crippen LogP contribution in [0.3, 0.4) is 0 Å². The van der Waals surface area contributed by atoms with Crippen molar-refractivity contribution in [2.75, 3.05) is 0 Å². The third kappa shape index (κ3) is 3.93. The Morgan fingerprint density at radius 2 is 1.40 bits per heavy atom. The number of rotatable bonds is 2. The van der Waals surface area contributed by atoms with Crippen molar-refractivity contribution >= 4 is 22.9 Å². The van der Waals surface area contributed by atoms with Gasteiger partial charge in [-0.25, -0.2) is 0 Å². The highest BCUT2D eigenvalue weighted by molar-refractivity contribution is 7.99. The first-order valence-electron chi connectivity index (χ1n) is 16.5. The molecule has 1 heterocycles.